The summed E-state index contributed by atoms with van der Waals surface area (Å²) in [5.41, 5.74) is 1.36. The Morgan fingerprint density at radius 3 is 2.67 bits per heavy atom. The lowest BCUT2D eigenvalue weighted by Gasteiger charge is -2.18. The molecule has 0 aliphatic heterocycles. The molecule has 0 aliphatic rings. The van der Waals surface area contributed by atoms with Gasteiger partial charge in [0, 0.05) is 18.2 Å². The van der Waals surface area contributed by atoms with E-state index < -0.39 is 6.10 Å². The fourth-order valence-corrected chi connectivity index (χ4v) is 2.17. The molecule has 0 bridgehead atoms. The van der Waals surface area contributed by atoms with E-state index >= 15 is 0 Å². The van der Waals surface area contributed by atoms with Crippen molar-refractivity contribution in [2.24, 2.45) is 0 Å². The Kier molecular flexibility index (Phi) is 5.31. The van der Waals surface area contributed by atoms with Crippen LogP contribution in [0.25, 0.3) is 0 Å². The second-order valence-electron chi connectivity index (χ2n) is 4.94. The molecule has 0 saturated carbocycles. The average molecular weight is 289 g/mol. The Morgan fingerprint density at radius 1 is 1.19 bits per heavy atom. The van der Waals surface area contributed by atoms with Gasteiger partial charge in [0.15, 0.2) is 0 Å². The monoisotopic (exact) mass is 289 g/mol. The van der Waals surface area contributed by atoms with Crippen molar-refractivity contribution in [3.63, 3.8) is 0 Å². The molecule has 0 fully saturated rings. The van der Waals surface area contributed by atoms with Gasteiger partial charge in [0.05, 0.1) is 13.2 Å². The number of aliphatic hydroxyl groups excluding tert-OH is 1. The minimum absolute atomic E-state index is 0.0292. The van der Waals surface area contributed by atoms with Crippen LogP contribution in [0.15, 0.2) is 48.5 Å². The van der Waals surface area contributed by atoms with E-state index in [1.807, 2.05) is 31.2 Å². The minimum atomic E-state index is -0.876. The Balaban J connectivity index is 1.97. The van der Waals surface area contributed by atoms with Crippen LogP contribution in [0.3, 0.4) is 0 Å². The van der Waals surface area contributed by atoms with Crippen LogP contribution in [0.2, 0.25) is 0 Å². The predicted octanol–water partition coefficient (Wildman–Crippen LogP) is 3.22. The van der Waals surface area contributed by atoms with Crippen molar-refractivity contribution in [2.45, 2.75) is 19.1 Å². The summed E-state index contributed by atoms with van der Waals surface area (Å²) >= 11 is 0. The van der Waals surface area contributed by atoms with Crippen LogP contribution in [0.1, 0.15) is 30.2 Å². The highest BCUT2D eigenvalue weighted by molar-refractivity contribution is 5.30. The first-order valence-corrected chi connectivity index (χ1v) is 6.91. The van der Waals surface area contributed by atoms with E-state index in [2.05, 4.69) is 5.32 Å². The van der Waals surface area contributed by atoms with Gasteiger partial charge in [0.2, 0.25) is 0 Å². The van der Waals surface area contributed by atoms with E-state index in [1.165, 1.54) is 6.07 Å². The number of benzene rings is 2. The summed E-state index contributed by atoms with van der Waals surface area (Å²) in [6.45, 7) is 2.27. The molecule has 112 valence electrons. The molecule has 0 aromatic heterocycles. The predicted molar refractivity (Wildman–Crippen MR) is 80.8 cm³/mol. The molecule has 2 atom stereocenters. The van der Waals surface area contributed by atoms with Gasteiger partial charge in [-0.2, -0.15) is 0 Å². The van der Waals surface area contributed by atoms with E-state index in [9.17, 15) is 9.50 Å². The van der Waals surface area contributed by atoms with Crippen molar-refractivity contribution in [1.29, 1.82) is 0 Å². The van der Waals surface area contributed by atoms with Crippen molar-refractivity contribution in [3.8, 4) is 5.75 Å². The van der Waals surface area contributed by atoms with Crippen LogP contribution in [0.5, 0.6) is 5.75 Å². The summed E-state index contributed by atoms with van der Waals surface area (Å²) in [5.74, 6) is 0.400. The summed E-state index contributed by atoms with van der Waals surface area (Å²) in [6.07, 6.45) is -0.876. The zero-order valence-electron chi connectivity index (χ0n) is 12.2. The molecule has 0 spiro atoms. The van der Waals surface area contributed by atoms with Crippen LogP contribution in [-0.2, 0) is 0 Å². The molecule has 2 rings (SSSR count). The molecular formula is C17H20FNO2. The van der Waals surface area contributed by atoms with E-state index in [0.717, 1.165) is 11.3 Å². The van der Waals surface area contributed by atoms with Crippen LogP contribution in [-0.4, -0.2) is 18.8 Å². The van der Waals surface area contributed by atoms with Crippen molar-refractivity contribution in [3.05, 3.63) is 65.5 Å². The number of rotatable bonds is 6. The molecule has 0 radical (unpaired) electrons. The standard InChI is InChI=1S/C17H20FNO2/c1-12(13-6-5-7-14(10-13)21-2)19-11-17(20)15-8-3-4-9-16(15)18/h3-10,12,17,19-20H,11H2,1-2H3. The first kappa shape index (κ1) is 15.5. The van der Waals surface area contributed by atoms with Crippen LogP contribution >= 0.6 is 0 Å². The highest BCUT2D eigenvalue weighted by Gasteiger charge is 2.14. The van der Waals surface area contributed by atoms with Gasteiger partial charge in [-0.3, -0.25) is 0 Å². The maximum Gasteiger partial charge on any atom is 0.129 e. The third kappa shape index (κ3) is 4.03. The highest BCUT2D eigenvalue weighted by Crippen LogP contribution is 2.20. The summed E-state index contributed by atoms with van der Waals surface area (Å²) in [4.78, 5) is 0. The van der Waals surface area contributed by atoms with Crippen molar-refractivity contribution < 1.29 is 14.2 Å². The van der Waals surface area contributed by atoms with Gasteiger partial charge in [0.25, 0.3) is 0 Å². The largest absolute Gasteiger partial charge is 0.497 e. The summed E-state index contributed by atoms with van der Waals surface area (Å²) < 4.78 is 18.8. The van der Waals surface area contributed by atoms with E-state index in [-0.39, 0.29) is 18.4 Å². The molecule has 0 aliphatic carbocycles. The number of methoxy groups -OCH3 is 1. The van der Waals surface area contributed by atoms with Gasteiger partial charge in [-0.25, -0.2) is 4.39 Å². The second-order valence-corrected chi connectivity index (χ2v) is 4.94. The second kappa shape index (κ2) is 7.20. The van der Waals surface area contributed by atoms with Gasteiger partial charge in [-0.15, -0.1) is 0 Å². The summed E-state index contributed by atoms with van der Waals surface area (Å²) in [7, 11) is 1.62. The van der Waals surface area contributed by atoms with Crippen molar-refractivity contribution in [2.75, 3.05) is 13.7 Å². The number of nitrogens with one attached hydrogen (secondary N) is 1. The molecule has 0 heterocycles. The van der Waals surface area contributed by atoms with Gasteiger partial charge in [0.1, 0.15) is 11.6 Å². The molecule has 4 heteroatoms. The quantitative estimate of drug-likeness (QED) is 0.858. The van der Waals surface area contributed by atoms with Crippen LogP contribution < -0.4 is 10.1 Å². The zero-order chi connectivity index (χ0) is 15.2. The third-order valence-corrected chi connectivity index (χ3v) is 3.48. The van der Waals surface area contributed by atoms with E-state index in [0.29, 0.717) is 5.56 Å². The molecule has 2 aromatic carbocycles. The van der Waals surface area contributed by atoms with E-state index in [1.54, 1.807) is 25.3 Å². The SMILES string of the molecule is COc1cccc(C(C)NCC(O)c2ccccc2F)c1. The Hall–Kier alpha value is -1.91. The normalized spacial score (nSPS) is 13.7. The molecule has 3 nitrogen and oxygen atoms in total. The zero-order valence-corrected chi connectivity index (χ0v) is 12.2. The third-order valence-electron chi connectivity index (χ3n) is 3.48. The maximum atomic E-state index is 13.6. The van der Waals surface area contributed by atoms with Gasteiger partial charge >= 0.3 is 0 Å². The highest BCUT2D eigenvalue weighted by atomic mass is 19.1. The average Bonchev–Trinajstić information content (AvgIpc) is 2.52. The fourth-order valence-electron chi connectivity index (χ4n) is 2.17. The number of halogens is 1. The number of hydrogen-bond donors (Lipinski definition) is 2. The molecule has 0 amide bonds. The Bertz CT molecular complexity index is 589. The molecule has 0 saturated heterocycles. The summed E-state index contributed by atoms with van der Waals surface area (Å²) in [5, 5.41) is 13.3. The van der Waals surface area contributed by atoms with Crippen molar-refractivity contribution in [1.82, 2.24) is 5.32 Å². The van der Waals surface area contributed by atoms with Gasteiger partial charge < -0.3 is 15.2 Å². The topological polar surface area (TPSA) is 41.5 Å². The van der Waals surface area contributed by atoms with Crippen LogP contribution in [0.4, 0.5) is 4.39 Å². The molecule has 2 aromatic rings. The smallest absolute Gasteiger partial charge is 0.129 e. The van der Waals surface area contributed by atoms with Crippen molar-refractivity contribution >= 4 is 0 Å². The fraction of sp³-hybridized carbons (Fsp3) is 0.294. The molecular weight excluding hydrogens is 269 g/mol. The first-order chi connectivity index (χ1) is 10.1. The molecule has 21 heavy (non-hydrogen) atoms. The molecule has 2 unspecified atom stereocenters. The lowest BCUT2D eigenvalue weighted by Crippen LogP contribution is -2.25. The maximum absolute atomic E-state index is 13.6. The first-order valence-electron chi connectivity index (χ1n) is 6.91. The lowest BCUT2D eigenvalue weighted by atomic mass is 10.1. The molecule has 2 N–H and O–H groups in total. The van der Waals surface area contributed by atoms with Crippen LogP contribution in [0, 0.1) is 5.82 Å². The lowest BCUT2D eigenvalue weighted by molar-refractivity contribution is 0.166. The summed E-state index contributed by atoms with van der Waals surface area (Å²) in [6, 6.07) is 14.0. The van der Waals surface area contributed by atoms with Gasteiger partial charge in [-0.05, 0) is 30.7 Å². The minimum Gasteiger partial charge on any atom is -0.497 e. The number of ether oxygens (including phenoxy) is 1. The Labute approximate surface area is 124 Å². The Morgan fingerprint density at radius 2 is 1.95 bits per heavy atom. The number of hydrogen-bond acceptors (Lipinski definition) is 3. The van der Waals surface area contributed by atoms with E-state index in [4.69, 9.17) is 4.74 Å². The van der Waals surface area contributed by atoms with Gasteiger partial charge in [-0.1, -0.05) is 30.3 Å². The number of aliphatic hydroxyl groups is 1.